The van der Waals surface area contributed by atoms with E-state index < -0.39 is 5.82 Å². The van der Waals surface area contributed by atoms with Crippen LogP contribution in [-0.4, -0.2) is 52.6 Å². The Morgan fingerprint density at radius 2 is 2.03 bits per heavy atom. The molecular weight excluding hydrogens is 387 g/mol. The van der Waals surface area contributed by atoms with Crippen molar-refractivity contribution in [2.24, 2.45) is 0 Å². The van der Waals surface area contributed by atoms with E-state index >= 15 is 0 Å². The van der Waals surface area contributed by atoms with Crippen molar-refractivity contribution < 1.29 is 13.9 Å². The van der Waals surface area contributed by atoms with E-state index in [1.165, 1.54) is 6.07 Å². The minimum absolute atomic E-state index is 0.0164. The van der Waals surface area contributed by atoms with E-state index in [9.17, 15) is 14.0 Å². The quantitative estimate of drug-likeness (QED) is 0.595. The van der Waals surface area contributed by atoms with Crippen LogP contribution in [-0.2, 0) is 11.3 Å². The molecule has 0 saturated carbocycles. The maximum absolute atomic E-state index is 14.5. The van der Waals surface area contributed by atoms with Gasteiger partial charge in [0, 0.05) is 38.7 Å². The van der Waals surface area contributed by atoms with Crippen LogP contribution in [0.4, 0.5) is 4.39 Å². The van der Waals surface area contributed by atoms with Crippen molar-refractivity contribution in [2.75, 3.05) is 20.1 Å². The molecule has 4 bridgehead atoms. The van der Waals surface area contributed by atoms with Crippen LogP contribution in [0.3, 0.4) is 0 Å². The van der Waals surface area contributed by atoms with Crippen molar-refractivity contribution >= 4 is 16.9 Å². The second-order valence-corrected chi connectivity index (χ2v) is 7.98. The SMILES string of the molecule is CN1CCCn2c(=O)[nH]c3c(F)ccc(c32)-c2cccc(c2)O[C@@H]2CN[C@@H](C2)C1=O. The molecule has 0 radical (unpaired) electrons. The molecule has 3 heterocycles. The van der Waals surface area contributed by atoms with Gasteiger partial charge in [-0.2, -0.15) is 0 Å². The lowest BCUT2D eigenvalue weighted by Gasteiger charge is -2.21. The molecular formula is C22H23FN4O3. The third-order valence-electron chi connectivity index (χ3n) is 5.96. The number of ether oxygens (including phenoxy) is 1. The molecule has 156 valence electrons. The number of nitrogens with zero attached hydrogens (tertiary/aromatic N) is 2. The molecule has 1 saturated heterocycles. The Kier molecular flexibility index (Phi) is 4.58. The van der Waals surface area contributed by atoms with Gasteiger partial charge >= 0.3 is 5.69 Å². The van der Waals surface area contributed by atoms with Gasteiger partial charge in [-0.05, 0) is 36.2 Å². The minimum Gasteiger partial charge on any atom is -0.489 e. The van der Waals surface area contributed by atoms with Crippen LogP contribution in [0.25, 0.3) is 22.2 Å². The number of carbonyl (C=O) groups excluding carboxylic acids is 1. The zero-order valence-corrected chi connectivity index (χ0v) is 16.7. The summed E-state index contributed by atoms with van der Waals surface area (Å²) in [6.07, 6.45) is 1.08. The summed E-state index contributed by atoms with van der Waals surface area (Å²) < 4.78 is 22.2. The lowest BCUT2D eigenvalue weighted by atomic mass is 10.0. The molecule has 3 aromatic rings. The van der Waals surface area contributed by atoms with Crippen LogP contribution in [0.1, 0.15) is 12.8 Å². The van der Waals surface area contributed by atoms with E-state index in [0.29, 0.717) is 43.7 Å². The number of amides is 1. The zero-order chi connectivity index (χ0) is 20.8. The molecule has 2 N–H and O–H groups in total. The van der Waals surface area contributed by atoms with E-state index in [1.54, 1.807) is 22.6 Å². The van der Waals surface area contributed by atoms with Crippen molar-refractivity contribution in [1.29, 1.82) is 0 Å². The van der Waals surface area contributed by atoms with Crippen molar-refractivity contribution in [3.63, 3.8) is 0 Å². The van der Waals surface area contributed by atoms with Crippen LogP contribution in [0.15, 0.2) is 41.2 Å². The third-order valence-corrected chi connectivity index (χ3v) is 5.96. The van der Waals surface area contributed by atoms with Crippen LogP contribution < -0.4 is 15.7 Å². The number of nitrogens with one attached hydrogen (secondary N) is 2. The van der Waals surface area contributed by atoms with Gasteiger partial charge in [0.1, 0.15) is 23.2 Å². The highest BCUT2D eigenvalue weighted by Crippen LogP contribution is 2.32. The van der Waals surface area contributed by atoms with E-state index in [1.807, 2.05) is 24.3 Å². The van der Waals surface area contributed by atoms with E-state index in [2.05, 4.69) is 10.3 Å². The largest absolute Gasteiger partial charge is 0.489 e. The molecule has 0 aliphatic carbocycles. The summed E-state index contributed by atoms with van der Waals surface area (Å²) in [6.45, 7) is 1.48. The molecule has 1 aromatic heterocycles. The van der Waals surface area contributed by atoms with Gasteiger partial charge in [0.25, 0.3) is 0 Å². The first kappa shape index (κ1) is 18.9. The lowest BCUT2D eigenvalue weighted by molar-refractivity contribution is -0.131. The molecule has 2 aliphatic heterocycles. The minimum atomic E-state index is -0.467. The number of carbonyl (C=O) groups is 1. The normalized spacial score (nSPS) is 21.9. The standard InChI is InChI=1S/C22H23FN4O3/c1-26-8-3-9-27-20-16(6-7-17(23)19(20)25-22(27)29)13-4-2-5-14(10-13)30-15-11-18(21(26)28)24-12-15/h2,4-7,10,15,18,24H,3,8-9,11-12H2,1H3,(H,25,29)/t15-,18-/m0/s1. The molecule has 2 aliphatic rings. The van der Waals surface area contributed by atoms with E-state index in [0.717, 1.165) is 11.1 Å². The van der Waals surface area contributed by atoms with Crippen LogP contribution in [0.5, 0.6) is 5.75 Å². The number of halogens is 1. The molecule has 30 heavy (non-hydrogen) atoms. The number of imidazole rings is 1. The number of fused-ring (bicyclic) bond motifs is 5. The Bertz CT molecular complexity index is 1180. The third kappa shape index (κ3) is 3.17. The van der Waals surface area contributed by atoms with Gasteiger partial charge in [-0.3, -0.25) is 9.36 Å². The van der Waals surface area contributed by atoms with Crippen molar-refractivity contribution in [1.82, 2.24) is 19.8 Å². The predicted molar refractivity (Wildman–Crippen MR) is 111 cm³/mol. The first-order valence-electron chi connectivity index (χ1n) is 10.2. The number of likely N-dealkylation sites (N-methyl/N-ethyl adjacent to an activating group) is 1. The van der Waals surface area contributed by atoms with E-state index in [4.69, 9.17) is 4.74 Å². The average molecular weight is 410 g/mol. The summed E-state index contributed by atoms with van der Waals surface area (Å²) in [6, 6.07) is 10.4. The number of aromatic nitrogens is 2. The first-order valence-corrected chi connectivity index (χ1v) is 10.2. The Hall–Kier alpha value is -3.13. The van der Waals surface area contributed by atoms with Gasteiger partial charge in [0.05, 0.1) is 11.6 Å². The number of rotatable bonds is 0. The van der Waals surface area contributed by atoms with E-state index in [-0.39, 0.29) is 29.3 Å². The maximum atomic E-state index is 14.5. The van der Waals surface area contributed by atoms with Crippen LogP contribution >= 0.6 is 0 Å². The molecule has 1 fully saturated rings. The Morgan fingerprint density at radius 1 is 1.17 bits per heavy atom. The fraction of sp³-hybridized carbons (Fsp3) is 0.364. The van der Waals surface area contributed by atoms with Gasteiger partial charge in [0.2, 0.25) is 5.91 Å². The number of aromatic amines is 1. The zero-order valence-electron chi connectivity index (χ0n) is 16.7. The fourth-order valence-electron chi connectivity index (χ4n) is 4.44. The fourth-order valence-corrected chi connectivity index (χ4v) is 4.44. The molecule has 1 amide bonds. The second kappa shape index (κ2) is 7.28. The van der Waals surface area contributed by atoms with Crippen LogP contribution in [0, 0.1) is 5.82 Å². The Balaban J connectivity index is 1.66. The summed E-state index contributed by atoms with van der Waals surface area (Å²) in [7, 11) is 1.77. The van der Waals surface area contributed by atoms with Crippen LogP contribution in [0.2, 0.25) is 0 Å². The summed E-state index contributed by atoms with van der Waals surface area (Å²) in [4.78, 5) is 29.7. The molecule has 2 aromatic carbocycles. The summed E-state index contributed by atoms with van der Waals surface area (Å²) in [5.74, 6) is 0.228. The number of benzene rings is 2. The smallest absolute Gasteiger partial charge is 0.326 e. The Morgan fingerprint density at radius 3 is 2.90 bits per heavy atom. The van der Waals surface area contributed by atoms with Gasteiger partial charge in [-0.1, -0.05) is 12.1 Å². The number of H-pyrrole nitrogens is 1. The van der Waals surface area contributed by atoms with Gasteiger partial charge < -0.3 is 19.9 Å². The maximum Gasteiger partial charge on any atom is 0.326 e. The topological polar surface area (TPSA) is 79.4 Å². The van der Waals surface area contributed by atoms with Gasteiger partial charge in [-0.25, -0.2) is 9.18 Å². The molecule has 0 unspecified atom stereocenters. The first-order chi connectivity index (χ1) is 14.5. The Labute approximate surface area is 172 Å². The molecule has 0 spiro atoms. The highest BCUT2D eigenvalue weighted by atomic mass is 19.1. The molecule has 5 rings (SSSR count). The van der Waals surface area contributed by atoms with Crippen molar-refractivity contribution in [3.05, 3.63) is 52.7 Å². The number of hydrogen-bond acceptors (Lipinski definition) is 4. The number of hydrogen-bond donors (Lipinski definition) is 2. The molecule has 7 nitrogen and oxygen atoms in total. The van der Waals surface area contributed by atoms with Crippen molar-refractivity contribution in [2.45, 2.75) is 31.5 Å². The summed E-state index contributed by atoms with van der Waals surface area (Å²) in [5.41, 5.74) is 1.97. The van der Waals surface area contributed by atoms with Gasteiger partial charge in [0.15, 0.2) is 0 Å². The monoisotopic (exact) mass is 410 g/mol. The molecule has 2 atom stereocenters. The predicted octanol–water partition coefficient (Wildman–Crippen LogP) is 2.11. The highest BCUT2D eigenvalue weighted by molar-refractivity contribution is 5.93. The summed E-state index contributed by atoms with van der Waals surface area (Å²) in [5, 5.41) is 3.25. The average Bonchev–Trinajstić information content (AvgIpc) is 3.33. The molecule has 8 heteroatoms. The summed E-state index contributed by atoms with van der Waals surface area (Å²) >= 11 is 0. The second-order valence-electron chi connectivity index (χ2n) is 7.98. The van der Waals surface area contributed by atoms with Gasteiger partial charge in [-0.15, -0.1) is 0 Å². The number of aryl methyl sites for hydroxylation is 1. The lowest BCUT2D eigenvalue weighted by Crippen LogP contribution is -2.42. The van der Waals surface area contributed by atoms with Crippen molar-refractivity contribution in [3.8, 4) is 16.9 Å². The highest BCUT2D eigenvalue weighted by Gasteiger charge is 2.32.